The van der Waals surface area contributed by atoms with E-state index >= 15 is 0 Å². The minimum Gasteiger partial charge on any atom is -0.464 e. The molecule has 3 aromatic rings. The van der Waals surface area contributed by atoms with Gasteiger partial charge in [0.1, 0.15) is 18.0 Å². The van der Waals surface area contributed by atoms with Crippen LogP contribution in [0.5, 0.6) is 11.6 Å². The Bertz CT molecular complexity index is 1450. The molecular weight excluding hydrogens is 512 g/mol. The zero-order valence-corrected chi connectivity index (χ0v) is 21.9. The molecule has 0 unspecified atom stereocenters. The van der Waals surface area contributed by atoms with Crippen LogP contribution in [0.1, 0.15) is 30.8 Å². The molecule has 38 heavy (non-hydrogen) atoms. The molecule has 0 radical (unpaired) electrons. The van der Waals surface area contributed by atoms with E-state index in [9.17, 15) is 24.5 Å². The van der Waals surface area contributed by atoms with Crippen LogP contribution in [0.15, 0.2) is 53.6 Å². The van der Waals surface area contributed by atoms with Gasteiger partial charge in [-0.25, -0.2) is 9.78 Å². The van der Waals surface area contributed by atoms with E-state index in [1.54, 1.807) is 25.1 Å². The van der Waals surface area contributed by atoms with Crippen molar-refractivity contribution in [2.75, 3.05) is 6.61 Å². The number of benzene rings is 1. The van der Waals surface area contributed by atoms with Gasteiger partial charge in [0.25, 0.3) is 16.8 Å². The Labute approximate surface area is 222 Å². The highest BCUT2D eigenvalue weighted by Crippen LogP contribution is 2.35. The van der Waals surface area contributed by atoms with Crippen LogP contribution < -0.4 is 4.74 Å². The Balaban J connectivity index is 1.53. The van der Waals surface area contributed by atoms with Gasteiger partial charge in [-0.3, -0.25) is 24.6 Å². The van der Waals surface area contributed by atoms with Crippen molar-refractivity contribution >= 4 is 40.6 Å². The first-order valence-corrected chi connectivity index (χ1v) is 12.4. The first-order chi connectivity index (χ1) is 18.1. The fourth-order valence-electron chi connectivity index (χ4n) is 3.98. The zero-order chi connectivity index (χ0) is 27.6. The van der Waals surface area contributed by atoms with Crippen molar-refractivity contribution in [2.24, 2.45) is 0 Å². The van der Waals surface area contributed by atoms with Crippen LogP contribution in [-0.4, -0.2) is 49.1 Å². The molecule has 3 heterocycles. The summed E-state index contributed by atoms with van der Waals surface area (Å²) in [5.74, 6) is -0.440. The predicted molar refractivity (Wildman–Crippen MR) is 140 cm³/mol. The summed E-state index contributed by atoms with van der Waals surface area (Å²) >= 11 is 0.787. The normalized spacial score (nSPS) is 15.2. The molecule has 1 atom stereocenters. The maximum absolute atomic E-state index is 12.9. The standard InChI is InChI=1S/C26H24N4O7S/c1-5-36-25(32)17(4)29-24(31)22(38-26(29)33)13-18-12-15(2)28(16(18)3)19-6-9-21(10-7-19)37-23-11-8-20(14-27-23)30(34)35/h6-14,17H,5H2,1-4H3/b22-13+/t17-/m1/s1. The molecule has 0 N–H and O–H groups in total. The van der Waals surface area contributed by atoms with Gasteiger partial charge in [-0.15, -0.1) is 0 Å². The molecule has 0 spiro atoms. The number of nitrogens with zero attached hydrogens (tertiary/aromatic N) is 4. The molecule has 1 aliphatic rings. The smallest absolute Gasteiger partial charge is 0.329 e. The van der Waals surface area contributed by atoms with Crippen LogP contribution in [0.4, 0.5) is 10.5 Å². The number of pyridine rings is 1. The van der Waals surface area contributed by atoms with E-state index in [-0.39, 0.29) is 23.1 Å². The second-order valence-electron chi connectivity index (χ2n) is 8.35. The Hall–Kier alpha value is -4.45. The van der Waals surface area contributed by atoms with E-state index in [4.69, 9.17) is 9.47 Å². The number of aromatic nitrogens is 2. The van der Waals surface area contributed by atoms with Crippen molar-refractivity contribution in [3.8, 4) is 17.3 Å². The second-order valence-corrected chi connectivity index (χ2v) is 9.34. The third-order valence-corrected chi connectivity index (χ3v) is 6.73. The van der Waals surface area contributed by atoms with Crippen molar-refractivity contribution in [2.45, 2.75) is 33.7 Å². The van der Waals surface area contributed by atoms with Crippen molar-refractivity contribution in [1.82, 2.24) is 14.5 Å². The summed E-state index contributed by atoms with van der Waals surface area (Å²) in [6.07, 6.45) is 2.78. The summed E-state index contributed by atoms with van der Waals surface area (Å²) in [6.45, 7) is 7.10. The van der Waals surface area contributed by atoms with Crippen LogP contribution in [0.2, 0.25) is 0 Å². The van der Waals surface area contributed by atoms with Gasteiger partial charge in [-0.2, -0.15) is 0 Å². The van der Waals surface area contributed by atoms with E-state index in [1.807, 2.05) is 36.6 Å². The molecule has 1 aromatic carbocycles. The number of hydrogen-bond acceptors (Lipinski definition) is 9. The fourth-order valence-corrected chi connectivity index (χ4v) is 4.88. The zero-order valence-electron chi connectivity index (χ0n) is 21.0. The van der Waals surface area contributed by atoms with Crippen molar-refractivity contribution in [1.29, 1.82) is 0 Å². The second kappa shape index (κ2) is 10.9. The molecule has 0 aliphatic carbocycles. The van der Waals surface area contributed by atoms with Gasteiger partial charge in [-0.1, -0.05) is 0 Å². The highest BCUT2D eigenvalue weighted by molar-refractivity contribution is 8.18. The van der Waals surface area contributed by atoms with E-state index in [0.717, 1.165) is 45.5 Å². The molecule has 0 bridgehead atoms. The summed E-state index contributed by atoms with van der Waals surface area (Å²) in [7, 11) is 0. The number of carbonyl (C=O) groups excluding carboxylic acids is 3. The Morgan fingerprint density at radius 3 is 2.50 bits per heavy atom. The molecule has 0 saturated carbocycles. The topological polar surface area (TPSA) is 134 Å². The third-order valence-electron chi connectivity index (χ3n) is 5.84. The molecule has 4 rings (SSSR count). The summed E-state index contributed by atoms with van der Waals surface area (Å²) < 4.78 is 12.6. The lowest BCUT2D eigenvalue weighted by molar-refractivity contribution is -0.385. The van der Waals surface area contributed by atoms with Gasteiger partial charge in [0.05, 0.1) is 16.4 Å². The summed E-state index contributed by atoms with van der Waals surface area (Å²) in [5.41, 5.74) is 3.22. The van der Waals surface area contributed by atoms with Gasteiger partial charge >= 0.3 is 5.97 Å². The maximum atomic E-state index is 12.9. The largest absolute Gasteiger partial charge is 0.464 e. The van der Waals surface area contributed by atoms with Gasteiger partial charge in [0.15, 0.2) is 0 Å². The molecule has 1 saturated heterocycles. The lowest BCUT2D eigenvalue weighted by Crippen LogP contribution is -2.42. The van der Waals surface area contributed by atoms with E-state index in [0.29, 0.717) is 5.75 Å². The number of hydrogen-bond donors (Lipinski definition) is 0. The number of nitro groups is 1. The Morgan fingerprint density at radius 2 is 1.89 bits per heavy atom. The lowest BCUT2D eigenvalue weighted by atomic mass is 10.2. The first-order valence-electron chi connectivity index (χ1n) is 11.6. The summed E-state index contributed by atoms with van der Waals surface area (Å²) in [6, 6.07) is 10.8. The van der Waals surface area contributed by atoms with Crippen LogP contribution in [0.3, 0.4) is 0 Å². The van der Waals surface area contributed by atoms with Crippen LogP contribution in [0, 0.1) is 24.0 Å². The number of ether oxygens (including phenoxy) is 2. The number of esters is 1. The van der Waals surface area contributed by atoms with Gasteiger partial charge in [0.2, 0.25) is 5.88 Å². The third kappa shape index (κ3) is 5.30. The number of thioether (sulfide) groups is 1. The molecular formula is C26H24N4O7S. The van der Waals surface area contributed by atoms with Crippen LogP contribution >= 0.6 is 11.8 Å². The van der Waals surface area contributed by atoms with Gasteiger partial charge in [0, 0.05) is 29.2 Å². The number of aryl methyl sites for hydroxylation is 1. The molecule has 12 heteroatoms. The van der Waals surface area contributed by atoms with Gasteiger partial charge in [-0.05, 0) is 81.4 Å². The van der Waals surface area contributed by atoms with Crippen molar-refractivity contribution in [3.63, 3.8) is 0 Å². The first kappa shape index (κ1) is 26.6. The predicted octanol–water partition coefficient (Wildman–Crippen LogP) is 5.18. The average molecular weight is 537 g/mol. The van der Waals surface area contributed by atoms with Crippen LogP contribution in [-0.2, 0) is 14.3 Å². The highest BCUT2D eigenvalue weighted by atomic mass is 32.2. The van der Waals surface area contributed by atoms with Crippen molar-refractivity contribution in [3.05, 3.63) is 80.6 Å². The average Bonchev–Trinajstić information content (AvgIpc) is 3.32. The van der Waals surface area contributed by atoms with E-state index < -0.39 is 28.1 Å². The molecule has 11 nitrogen and oxygen atoms in total. The number of carbonyl (C=O) groups is 3. The minimum atomic E-state index is -1.01. The number of amides is 2. The maximum Gasteiger partial charge on any atom is 0.329 e. The lowest BCUT2D eigenvalue weighted by Gasteiger charge is -2.19. The molecule has 1 aliphatic heterocycles. The highest BCUT2D eigenvalue weighted by Gasteiger charge is 2.41. The Kier molecular flexibility index (Phi) is 7.62. The monoisotopic (exact) mass is 536 g/mol. The summed E-state index contributed by atoms with van der Waals surface area (Å²) in [4.78, 5) is 52.8. The molecule has 2 aromatic heterocycles. The van der Waals surface area contributed by atoms with E-state index in [1.165, 1.54) is 19.1 Å². The molecule has 2 amide bonds. The fraction of sp³-hybridized carbons (Fsp3) is 0.231. The SMILES string of the molecule is CCOC(=O)[C@@H](C)N1C(=O)S/C(=C/c2cc(C)n(-c3ccc(Oc4ccc([N+](=O)[O-])cn4)cc3)c2C)C1=O. The quantitative estimate of drug-likeness (QED) is 0.165. The number of imide groups is 1. The van der Waals surface area contributed by atoms with Crippen molar-refractivity contribution < 1.29 is 28.8 Å². The van der Waals surface area contributed by atoms with E-state index in [2.05, 4.69) is 4.98 Å². The molecule has 196 valence electrons. The van der Waals surface area contributed by atoms with Gasteiger partial charge < -0.3 is 14.0 Å². The Morgan fingerprint density at radius 1 is 1.18 bits per heavy atom. The summed E-state index contributed by atoms with van der Waals surface area (Å²) in [5, 5.41) is 10.3. The minimum absolute atomic E-state index is 0.125. The van der Waals surface area contributed by atoms with Crippen LogP contribution in [0.25, 0.3) is 11.8 Å². The number of rotatable bonds is 8. The molecule has 1 fully saturated rings.